The third-order valence-electron chi connectivity index (χ3n) is 3.91. The lowest BCUT2D eigenvalue weighted by Gasteiger charge is -2.30. The molecule has 152 valence electrons. The molecule has 0 aromatic heterocycles. The molecule has 28 heavy (non-hydrogen) atoms. The molecule has 0 unspecified atom stereocenters. The summed E-state index contributed by atoms with van der Waals surface area (Å²) >= 11 is 12.2. The summed E-state index contributed by atoms with van der Waals surface area (Å²) in [5.74, 6) is 0.198. The van der Waals surface area contributed by atoms with Gasteiger partial charge in [0, 0.05) is 10.7 Å². The summed E-state index contributed by atoms with van der Waals surface area (Å²) in [5.41, 5.74) is 0.683. The molecule has 2 rings (SSSR count). The van der Waals surface area contributed by atoms with Gasteiger partial charge >= 0.3 is 0 Å². The van der Waals surface area contributed by atoms with E-state index in [4.69, 9.17) is 27.9 Å². The van der Waals surface area contributed by atoms with Crippen molar-refractivity contribution in [3.8, 4) is 5.75 Å². The fourth-order valence-electron chi connectivity index (χ4n) is 2.72. The minimum absolute atomic E-state index is 0.158. The van der Waals surface area contributed by atoms with Crippen LogP contribution in [-0.4, -0.2) is 33.2 Å². The largest absolute Gasteiger partial charge is 0.494 e. The van der Waals surface area contributed by atoms with Crippen molar-refractivity contribution in [2.24, 2.45) is 0 Å². The zero-order chi connectivity index (χ0) is 20.9. The minimum atomic E-state index is -3.81. The number of anilines is 2. The molecule has 1 N–H and O–H groups in total. The molecule has 0 aliphatic carbocycles. The number of halogens is 2. The van der Waals surface area contributed by atoms with Crippen LogP contribution in [0.2, 0.25) is 10.0 Å². The second-order valence-electron chi connectivity index (χ2n) is 6.03. The molecule has 0 aliphatic heterocycles. The Morgan fingerprint density at radius 1 is 1.14 bits per heavy atom. The van der Waals surface area contributed by atoms with Gasteiger partial charge in [0.25, 0.3) is 0 Å². The number of hydrogen-bond donors (Lipinski definition) is 1. The lowest BCUT2D eigenvalue weighted by Crippen LogP contribution is -2.47. The molecule has 0 fully saturated rings. The number of sulfonamides is 1. The first kappa shape index (κ1) is 22.3. The lowest BCUT2D eigenvalue weighted by molar-refractivity contribution is -0.117. The van der Waals surface area contributed by atoms with Crippen molar-refractivity contribution in [1.82, 2.24) is 0 Å². The summed E-state index contributed by atoms with van der Waals surface area (Å²) in [6.45, 7) is 4.13. The van der Waals surface area contributed by atoms with Crippen molar-refractivity contribution in [2.75, 3.05) is 22.5 Å². The molecule has 2 aromatic carbocycles. The Kier molecular flexibility index (Phi) is 7.57. The zero-order valence-electron chi connectivity index (χ0n) is 15.8. The number of carbonyl (C=O) groups is 1. The topological polar surface area (TPSA) is 75.7 Å². The van der Waals surface area contributed by atoms with E-state index in [1.807, 2.05) is 6.92 Å². The van der Waals surface area contributed by atoms with Crippen molar-refractivity contribution < 1.29 is 17.9 Å². The molecular formula is C19H22Cl2N2O4S. The molecule has 1 amide bonds. The van der Waals surface area contributed by atoms with Crippen molar-refractivity contribution in [1.29, 1.82) is 0 Å². The van der Waals surface area contributed by atoms with E-state index in [2.05, 4.69) is 5.32 Å². The number of nitrogens with zero attached hydrogens (tertiary/aromatic N) is 1. The molecule has 6 nitrogen and oxygen atoms in total. The Morgan fingerprint density at radius 3 is 2.32 bits per heavy atom. The predicted molar refractivity (Wildman–Crippen MR) is 114 cm³/mol. The second-order valence-corrected chi connectivity index (χ2v) is 8.73. The molecular weight excluding hydrogens is 423 g/mol. The van der Waals surface area contributed by atoms with Crippen molar-refractivity contribution in [3.05, 3.63) is 52.5 Å². The quantitative estimate of drug-likeness (QED) is 0.646. The standard InChI is InChI=1S/C19H22Cl2N2O4S/c1-4-17(19(24)22-14-7-9-15(10-8-14)27-5-2)23(28(3,25)26)18-12-13(20)6-11-16(18)21/h6-12,17H,4-5H2,1-3H3,(H,22,24)/t17-/m0/s1. The normalized spacial score (nSPS) is 12.3. The number of rotatable bonds is 8. The summed E-state index contributed by atoms with van der Waals surface area (Å²) in [6, 6.07) is 10.3. The third kappa shape index (κ3) is 5.53. The molecule has 0 aliphatic rings. The van der Waals surface area contributed by atoms with E-state index in [0.29, 0.717) is 23.1 Å². The summed E-state index contributed by atoms with van der Waals surface area (Å²) in [4.78, 5) is 12.9. The third-order valence-corrected chi connectivity index (χ3v) is 5.63. The first-order valence-corrected chi connectivity index (χ1v) is 11.3. The molecule has 0 bridgehead atoms. The van der Waals surface area contributed by atoms with E-state index in [1.54, 1.807) is 37.3 Å². The average Bonchev–Trinajstić information content (AvgIpc) is 2.62. The number of benzene rings is 2. The van der Waals surface area contributed by atoms with Gasteiger partial charge < -0.3 is 10.1 Å². The molecule has 2 aromatic rings. The van der Waals surface area contributed by atoms with E-state index in [9.17, 15) is 13.2 Å². The summed E-state index contributed by atoms with van der Waals surface area (Å²) in [7, 11) is -3.81. The van der Waals surface area contributed by atoms with Crippen LogP contribution in [0.4, 0.5) is 11.4 Å². The Hall–Kier alpha value is -1.96. The van der Waals surface area contributed by atoms with Gasteiger partial charge in [-0.15, -0.1) is 0 Å². The highest BCUT2D eigenvalue weighted by Crippen LogP contribution is 2.33. The van der Waals surface area contributed by atoms with E-state index >= 15 is 0 Å². The lowest BCUT2D eigenvalue weighted by atomic mass is 10.1. The molecule has 0 saturated heterocycles. The molecule has 0 spiro atoms. The van der Waals surface area contributed by atoms with E-state index in [0.717, 1.165) is 10.6 Å². The smallest absolute Gasteiger partial charge is 0.248 e. The average molecular weight is 445 g/mol. The van der Waals surface area contributed by atoms with Gasteiger partial charge in [0.05, 0.1) is 23.6 Å². The van der Waals surface area contributed by atoms with Gasteiger partial charge in [-0.25, -0.2) is 8.42 Å². The summed E-state index contributed by atoms with van der Waals surface area (Å²) in [5, 5.41) is 3.24. The summed E-state index contributed by atoms with van der Waals surface area (Å²) < 4.78 is 31.4. The fraction of sp³-hybridized carbons (Fsp3) is 0.316. The predicted octanol–water partition coefficient (Wildman–Crippen LogP) is 4.58. The van der Waals surface area contributed by atoms with Crippen LogP contribution in [0.5, 0.6) is 5.75 Å². The first-order valence-electron chi connectivity index (χ1n) is 8.65. The van der Waals surface area contributed by atoms with E-state index < -0.39 is 22.0 Å². The Balaban J connectivity index is 2.35. The minimum Gasteiger partial charge on any atom is -0.494 e. The SMILES string of the molecule is CCOc1ccc(NC(=O)[C@H](CC)N(c2cc(Cl)ccc2Cl)S(C)(=O)=O)cc1. The van der Waals surface area contributed by atoms with Crippen LogP contribution in [0, 0.1) is 0 Å². The van der Waals surface area contributed by atoms with Gasteiger partial charge in [0.15, 0.2) is 0 Å². The maximum Gasteiger partial charge on any atom is 0.248 e. The van der Waals surface area contributed by atoms with Gasteiger partial charge in [0.1, 0.15) is 11.8 Å². The maximum atomic E-state index is 12.9. The highest BCUT2D eigenvalue weighted by atomic mass is 35.5. The van der Waals surface area contributed by atoms with Crippen LogP contribution in [0.15, 0.2) is 42.5 Å². The number of amides is 1. The number of hydrogen-bond acceptors (Lipinski definition) is 4. The molecule has 0 heterocycles. The summed E-state index contributed by atoms with van der Waals surface area (Å²) in [6.07, 6.45) is 1.26. The van der Waals surface area contributed by atoms with Crippen LogP contribution in [0.1, 0.15) is 20.3 Å². The van der Waals surface area contributed by atoms with Crippen LogP contribution >= 0.6 is 23.2 Å². The van der Waals surface area contributed by atoms with Gasteiger partial charge in [0.2, 0.25) is 15.9 Å². The molecule has 0 radical (unpaired) electrons. The number of nitrogens with one attached hydrogen (secondary N) is 1. The Morgan fingerprint density at radius 2 is 1.79 bits per heavy atom. The Bertz CT molecular complexity index is 933. The van der Waals surface area contributed by atoms with Crippen LogP contribution in [-0.2, 0) is 14.8 Å². The van der Waals surface area contributed by atoms with E-state index in [-0.39, 0.29) is 17.1 Å². The van der Waals surface area contributed by atoms with Gasteiger partial charge in [-0.2, -0.15) is 0 Å². The fourth-order valence-corrected chi connectivity index (χ4v) is 4.36. The van der Waals surface area contributed by atoms with Crippen LogP contribution < -0.4 is 14.4 Å². The highest BCUT2D eigenvalue weighted by molar-refractivity contribution is 7.92. The monoisotopic (exact) mass is 444 g/mol. The van der Waals surface area contributed by atoms with Gasteiger partial charge in [-0.05, 0) is 55.8 Å². The van der Waals surface area contributed by atoms with Crippen molar-refractivity contribution >= 4 is 50.5 Å². The zero-order valence-corrected chi connectivity index (χ0v) is 18.1. The van der Waals surface area contributed by atoms with Gasteiger partial charge in [-0.1, -0.05) is 30.1 Å². The first-order chi connectivity index (χ1) is 13.2. The molecule has 1 atom stereocenters. The Labute approximate surface area is 175 Å². The number of carbonyl (C=O) groups excluding carboxylic acids is 1. The van der Waals surface area contributed by atoms with Crippen molar-refractivity contribution in [2.45, 2.75) is 26.3 Å². The van der Waals surface area contributed by atoms with E-state index in [1.165, 1.54) is 12.1 Å². The van der Waals surface area contributed by atoms with Crippen LogP contribution in [0.25, 0.3) is 0 Å². The van der Waals surface area contributed by atoms with Crippen molar-refractivity contribution in [3.63, 3.8) is 0 Å². The second kappa shape index (κ2) is 9.49. The van der Waals surface area contributed by atoms with Gasteiger partial charge in [-0.3, -0.25) is 9.10 Å². The number of ether oxygens (including phenoxy) is 1. The highest BCUT2D eigenvalue weighted by Gasteiger charge is 2.33. The maximum absolute atomic E-state index is 12.9. The molecule has 0 saturated carbocycles. The molecule has 9 heteroatoms. The van der Waals surface area contributed by atoms with Crippen LogP contribution in [0.3, 0.4) is 0 Å².